The van der Waals surface area contributed by atoms with Gasteiger partial charge in [0.2, 0.25) is 5.88 Å². The molecule has 0 unspecified atom stereocenters. The highest BCUT2D eigenvalue weighted by atomic mass is 16.5. The summed E-state index contributed by atoms with van der Waals surface area (Å²) in [7, 11) is 0. The summed E-state index contributed by atoms with van der Waals surface area (Å²) >= 11 is 0. The molecular formula is C14H24N4O. The maximum Gasteiger partial charge on any atom is 0.242 e. The molecule has 1 saturated carbocycles. The lowest BCUT2D eigenvalue weighted by atomic mass is 10.1. The Morgan fingerprint density at radius 3 is 2.53 bits per heavy atom. The zero-order chi connectivity index (χ0) is 13.7. The molecule has 0 spiro atoms. The molecule has 1 heterocycles. The molecule has 1 aliphatic carbocycles. The van der Waals surface area contributed by atoms with Gasteiger partial charge in [0.25, 0.3) is 0 Å². The van der Waals surface area contributed by atoms with E-state index in [4.69, 9.17) is 10.5 Å². The van der Waals surface area contributed by atoms with Gasteiger partial charge in [-0.1, -0.05) is 25.7 Å². The van der Waals surface area contributed by atoms with E-state index in [1.54, 1.807) is 0 Å². The van der Waals surface area contributed by atoms with E-state index in [0.29, 0.717) is 23.4 Å². The molecule has 2 rings (SSSR count). The largest absolute Gasteiger partial charge is 0.473 e. The lowest BCUT2D eigenvalue weighted by molar-refractivity contribution is 0.234. The third-order valence-corrected chi connectivity index (χ3v) is 3.39. The van der Waals surface area contributed by atoms with Crippen molar-refractivity contribution in [1.82, 2.24) is 9.97 Å². The van der Waals surface area contributed by atoms with Crippen LogP contribution in [-0.4, -0.2) is 22.1 Å². The zero-order valence-corrected chi connectivity index (χ0v) is 11.9. The fourth-order valence-corrected chi connectivity index (χ4v) is 2.43. The van der Waals surface area contributed by atoms with Crippen LogP contribution in [-0.2, 0) is 0 Å². The number of nitrogen functional groups attached to an aromatic ring is 1. The second kappa shape index (κ2) is 6.59. The minimum absolute atomic E-state index is 0.0583. The second-order valence-corrected chi connectivity index (χ2v) is 5.44. The summed E-state index contributed by atoms with van der Waals surface area (Å²) in [6, 6.07) is 0.464. The van der Waals surface area contributed by atoms with Crippen molar-refractivity contribution >= 4 is 11.5 Å². The number of aromatic nitrogens is 2. The van der Waals surface area contributed by atoms with Crippen molar-refractivity contribution in [3.05, 3.63) is 6.33 Å². The Hall–Kier alpha value is -1.52. The molecule has 0 atom stereocenters. The number of nitrogens with zero attached hydrogens (tertiary/aromatic N) is 2. The standard InChI is InChI=1S/C14H24N4O/c1-10(2)19-14-12(15)13(16-9-17-14)18-11-7-5-3-4-6-8-11/h9-11H,3-8,15H2,1-2H3,(H,16,17,18). The summed E-state index contributed by atoms with van der Waals surface area (Å²) in [6.07, 6.45) is 9.15. The van der Waals surface area contributed by atoms with Gasteiger partial charge < -0.3 is 15.8 Å². The second-order valence-electron chi connectivity index (χ2n) is 5.44. The van der Waals surface area contributed by atoms with E-state index in [1.165, 1.54) is 44.9 Å². The first-order valence-electron chi connectivity index (χ1n) is 7.20. The van der Waals surface area contributed by atoms with Gasteiger partial charge in [0.05, 0.1) is 6.10 Å². The SMILES string of the molecule is CC(C)Oc1ncnc(NC2CCCCCC2)c1N. The van der Waals surface area contributed by atoms with Crippen molar-refractivity contribution in [2.24, 2.45) is 0 Å². The Balaban J connectivity index is 2.06. The number of hydrogen-bond donors (Lipinski definition) is 2. The van der Waals surface area contributed by atoms with Crippen molar-refractivity contribution in [2.75, 3.05) is 11.1 Å². The first-order chi connectivity index (χ1) is 9.16. The molecule has 0 saturated heterocycles. The summed E-state index contributed by atoms with van der Waals surface area (Å²) in [6.45, 7) is 3.92. The molecule has 1 fully saturated rings. The Morgan fingerprint density at radius 2 is 1.89 bits per heavy atom. The highest BCUT2D eigenvalue weighted by Crippen LogP contribution is 2.28. The number of hydrogen-bond acceptors (Lipinski definition) is 5. The van der Waals surface area contributed by atoms with Crippen molar-refractivity contribution in [1.29, 1.82) is 0 Å². The minimum Gasteiger partial charge on any atom is -0.473 e. The molecule has 5 heteroatoms. The molecule has 106 valence electrons. The molecule has 1 aromatic heterocycles. The van der Waals surface area contributed by atoms with Gasteiger partial charge >= 0.3 is 0 Å². The molecule has 0 aromatic carbocycles. The minimum atomic E-state index is 0.0583. The van der Waals surface area contributed by atoms with E-state index in [9.17, 15) is 0 Å². The van der Waals surface area contributed by atoms with Gasteiger partial charge in [-0.05, 0) is 26.7 Å². The predicted molar refractivity (Wildman–Crippen MR) is 77.3 cm³/mol. The van der Waals surface area contributed by atoms with Gasteiger partial charge in [-0.15, -0.1) is 0 Å². The van der Waals surface area contributed by atoms with E-state index in [-0.39, 0.29) is 6.10 Å². The fourth-order valence-electron chi connectivity index (χ4n) is 2.43. The third kappa shape index (κ3) is 3.98. The summed E-state index contributed by atoms with van der Waals surface area (Å²) < 4.78 is 5.58. The summed E-state index contributed by atoms with van der Waals surface area (Å²) in [5.41, 5.74) is 6.59. The predicted octanol–water partition coefficient (Wildman–Crippen LogP) is 2.98. The van der Waals surface area contributed by atoms with Crippen LogP contribution in [0.4, 0.5) is 11.5 Å². The Kier molecular flexibility index (Phi) is 4.82. The van der Waals surface area contributed by atoms with Gasteiger partial charge in [0, 0.05) is 6.04 Å². The maximum atomic E-state index is 6.08. The molecule has 1 aromatic rings. The number of ether oxygens (including phenoxy) is 1. The van der Waals surface area contributed by atoms with Gasteiger partial charge in [-0.25, -0.2) is 4.98 Å². The quantitative estimate of drug-likeness (QED) is 0.818. The first kappa shape index (κ1) is 13.9. The molecule has 5 nitrogen and oxygen atoms in total. The average molecular weight is 264 g/mol. The normalized spacial score (nSPS) is 17.2. The average Bonchev–Trinajstić information content (AvgIpc) is 2.62. The van der Waals surface area contributed by atoms with E-state index >= 15 is 0 Å². The molecule has 0 radical (unpaired) electrons. The van der Waals surface area contributed by atoms with Crippen LogP contribution < -0.4 is 15.8 Å². The molecule has 1 aliphatic rings. The lowest BCUT2D eigenvalue weighted by Crippen LogP contribution is -2.20. The monoisotopic (exact) mass is 264 g/mol. The highest BCUT2D eigenvalue weighted by molar-refractivity contribution is 5.66. The van der Waals surface area contributed by atoms with Crippen LogP contribution in [0.15, 0.2) is 6.33 Å². The summed E-state index contributed by atoms with van der Waals surface area (Å²) in [4.78, 5) is 8.34. The van der Waals surface area contributed by atoms with Gasteiger partial charge in [0.15, 0.2) is 5.82 Å². The third-order valence-electron chi connectivity index (χ3n) is 3.39. The van der Waals surface area contributed by atoms with E-state index in [1.807, 2.05) is 13.8 Å². The Bertz CT molecular complexity index is 400. The molecule has 3 N–H and O–H groups in total. The Morgan fingerprint density at radius 1 is 1.21 bits per heavy atom. The van der Waals surface area contributed by atoms with E-state index in [2.05, 4.69) is 15.3 Å². The van der Waals surface area contributed by atoms with Crippen molar-refractivity contribution in [3.8, 4) is 5.88 Å². The van der Waals surface area contributed by atoms with Gasteiger partial charge in [-0.2, -0.15) is 4.98 Å². The van der Waals surface area contributed by atoms with Crippen LogP contribution in [0.1, 0.15) is 52.4 Å². The molecule has 0 aliphatic heterocycles. The molecular weight excluding hydrogens is 240 g/mol. The molecule has 19 heavy (non-hydrogen) atoms. The number of anilines is 2. The van der Waals surface area contributed by atoms with Crippen LogP contribution in [0.5, 0.6) is 5.88 Å². The number of nitrogens with one attached hydrogen (secondary N) is 1. The first-order valence-corrected chi connectivity index (χ1v) is 7.20. The van der Waals surface area contributed by atoms with Crippen molar-refractivity contribution < 1.29 is 4.74 Å². The van der Waals surface area contributed by atoms with Crippen LogP contribution in [0.2, 0.25) is 0 Å². The van der Waals surface area contributed by atoms with Crippen LogP contribution in [0.3, 0.4) is 0 Å². The number of rotatable bonds is 4. The van der Waals surface area contributed by atoms with Crippen molar-refractivity contribution in [3.63, 3.8) is 0 Å². The smallest absolute Gasteiger partial charge is 0.242 e. The lowest BCUT2D eigenvalue weighted by Gasteiger charge is -2.19. The van der Waals surface area contributed by atoms with Crippen LogP contribution in [0, 0.1) is 0 Å². The van der Waals surface area contributed by atoms with Crippen molar-refractivity contribution in [2.45, 2.75) is 64.5 Å². The van der Waals surface area contributed by atoms with Gasteiger partial charge in [-0.3, -0.25) is 0 Å². The van der Waals surface area contributed by atoms with Gasteiger partial charge in [0.1, 0.15) is 12.0 Å². The van der Waals surface area contributed by atoms with Crippen LogP contribution in [0.25, 0.3) is 0 Å². The Labute approximate surface area is 115 Å². The van der Waals surface area contributed by atoms with E-state index < -0.39 is 0 Å². The highest BCUT2D eigenvalue weighted by Gasteiger charge is 2.16. The zero-order valence-electron chi connectivity index (χ0n) is 11.9. The topological polar surface area (TPSA) is 73.1 Å². The number of nitrogens with two attached hydrogens (primary N) is 1. The van der Waals surface area contributed by atoms with Crippen LogP contribution >= 0.6 is 0 Å². The fraction of sp³-hybridized carbons (Fsp3) is 0.714. The molecule has 0 amide bonds. The summed E-state index contributed by atoms with van der Waals surface area (Å²) in [5.74, 6) is 1.18. The van der Waals surface area contributed by atoms with E-state index in [0.717, 1.165) is 0 Å². The maximum absolute atomic E-state index is 6.08. The molecule has 0 bridgehead atoms. The summed E-state index contributed by atoms with van der Waals surface area (Å²) in [5, 5.41) is 3.45.